The molecule has 0 aromatic carbocycles. The van der Waals surface area contributed by atoms with Crippen molar-refractivity contribution in [2.24, 2.45) is 0 Å². The fraction of sp³-hybridized carbons (Fsp3) is 0.880. The molecule has 0 rings (SSSR count). The van der Waals surface area contributed by atoms with Gasteiger partial charge in [-0.25, -0.2) is 0 Å². The van der Waals surface area contributed by atoms with E-state index in [0.29, 0.717) is 19.3 Å². The van der Waals surface area contributed by atoms with Crippen LogP contribution in [0.15, 0.2) is 24.3 Å². The molecule has 6 heteroatoms. The van der Waals surface area contributed by atoms with Crippen LogP contribution in [-0.2, 0) is 14.3 Å². The first-order valence-electron chi connectivity index (χ1n) is 24.6. The lowest BCUT2D eigenvalue weighted by atomic mass is 10.0. The summed E-state index contributed by atoms with van der Waals surface area (Å²) in [5.41, 5.74) is 0. The van der Waals surface area contributed by atoms with Crippen molar-refractivity contribution in [2.75, 3.05) is 6.61 Å². The van der Waals surface area contributed by atoms with Gasteiger partial charge in [-0.05, 0) is 51.4 Å². The third kappa shape index (κ3) is 39.2. The van der Waals surface area contributed by atoms with Gasteiger partial charge in [-0.1, -0.05) is 218 Å². The molecule has 0 spiro atoms. The summed E-state index contributed by atoms with van der Waals surface area (Å²) in [6, 6.07) is -0.702. The number of rotatable bonds is 44. The molecule has 330 valence electrons. The molecule has 0 aliphatic carbocycles. The first kappa shape index (κ1) is 54.3. The highest BCUT2D eigenvalue weighted by Crippen LogP contribution is 2.18. The standard InChI is InChI=1S/C50H95NO5/c1-4-7-10-13-16-19-22-24-26-28-31-34-37-40-43-50(55)56-46(41-38-35-32-29-27-25-23-20-17-14-11-8-5-2)44-49(54)51-47(45-52)48(53)42-39-36-33-30-21-18-15-12-9-6-3/h17,20,23,25,46-48,52-53H,4-16,18-19,21-22,24,26-45H2,1-3H3,(H,51,54)/b20-17+,25-23+. The Balaban J connectivity index is 4.59. The van der Waals surface area contributed by atoms with E-state index in [1.165, 1.54) is 135 Å². The molecule has 6 nitrogen and oxygen atoms in total. The lowest BCUT2D eigenvalue weighted by Crippen LogP contribution is -2.46. The third-order valence-corrected chi connectivity index (χ3v) is 11.3. The van der Waals surface area contributed by atoms with Crippen molar-refractivity contribution in [1.29, 1.82) is 0 Å². The number of carbonyl (C=O) groups excluding carboxylic acids is 2. The van der Waals surface area contributed by atoms with E-state index >= 15 is 0 Å². The number of unbranched alkanes of at least 4 members (excludes halogenated alkanes) is 29. The number of ether oxygens (including phenoxy) is 1. The SMILES string of the molecule is CCCCC/C=C/C=C/CCCCCCC(CC(=O)NC(CO)C(O)CCCCCCCCCCCC)OC(=O)CCCCCCCCCCCCCCCC. The van der Waals surface area contributed by atoms with Crippen LogP contribution in [0.1, 0.15) is 258 Å². The van der Waals surface area contributed by atoms with Gasteiger partial charge in [0.1, 0.15) is 6.10 Å². The highest BCUT2D eigenvalue weighted by atomic mass is 16.5. The zero-order chi connectivity index (χ0) is 41.0. The van der Waals surface area contributed by atoms with E-state index in [-0.39, 0.29) is 24.9 Å². The number of esters is 1. The molecule has 0 aromatic heterocycles. The van der Waals surface area contributed by atoms with Gasteiger partial charge in [0, 0.05) is 6.42 Å². The predicted molar refractivity (Wildman–Crippen MR) is 241 cm³/mol. The molecule has 3 atom stereocenters. The summed E-state index contributed by atoms with van der Waals surface area (Å²) in [5, 5.41) is 23.7. The molecule has 0 aliphatic rings. The fourth-order valence-corrected chi connectivity index (χ4v) is 7.54. The molecule has 0 heterocycles. The number of hydrogen-bond donors (Lipinski definition) is 3. The molecule has 0 radical (unpaired) electrons. The number of nitrogens with one attached hydrogen (secondary N) is 1. The predicted octanol–water partition coefficient (Wildman–Crippen LogP) is 14.3. The largest absolute Gasteiger partial charge is 0.462 e. The van der Waals surface area contributed by atoms with Crippen molar-refractivity contribution >= 4 is 11.9 Å². The second-order valence-electron chi connectivity index (χ2n) is 16.9. The summed E-state index contributed by atoms with van der Waals surface area (Å²) in [4.78, 5) is 26.0. The monoisotopic (exact) mass is 790 g/mol. The molecule has 0 aromatic rings. The number of amides is 1. The van der Waals surface area contributed by atoms with Gasteiger partial charge < -0.3 is 20.3 Å². The van der Waals surface area contributed by atoms with E-state index in [9.17, 15) is 19.8 Å². The van der Waals surface area contributed by atoms with Crippen LogP contribution in [-0.4, -0.2) is 46.9 Å². The van der Waals surface area contributed by atoms with E-state index in [4.69, 9.17) is 4.74 Å². The summed E-state index contributed by atoms with van der Waals surface area (Å²) < 4.78 is 5.91. The summed E-state index contributed by atoms with van der Waals surface area (Å²) in [7, 11) is 0. The summed E-state index contributed by atoms with van der Waals surface area (Å²) in [6.07, 6.45) is 49.5. The van der Waals surface area contributed by atoms with Crippen molar-refractivity contribution in [3.63, 3.8) is 0 Å². The van der Waals surface area contributed by atoms with E-state index in [2.05, 4.69) is 50.4 Å². The molecular formula is C50H95NO5. The smallest absolute Gasteiger partial charge is 0.306 e. The minimum absolute atomic E-state index is 0.0687. The number of allylic oxidation sites excluding steroid dienone is 4. The van der Waals surface area contributed by atoms with Gasteiger partial charge >= 0.3 is 5.97 Å². The zero-order valence-corrected chi connectivity index (χ0v) is 37.5. The van der Waals surface area contributed by atoms with Crippen molar-refractivity contribution in [3.8, 4) is 0 Å². The first-order valence-corrected chi connectivity index (χ1v) is 24.6. The average Bonchev–Trinajstić information content (AvgIpc) is 3.19. The Hall–Kier alpha value is -1.66. The second kappa shape index (κ2) is 44.4. The van der Waals surface area contributed by atoms with Crippen LogP contribution in [0.5, 0.6) is 0 Å². The van der Waals surface area contributed by atoms with Gasteiger partial charge in [-0.15, -0.1) is 0 Å². The maximum Gasteiger partial charge on any atom is 0.306 e. The highest BCUT2D eigenvalue weighted by Gasteiger charge is 2.24. The van der Waals surface area contributed by atoms with Gasteiger partial charge in [-0.2, -0.15) is 0 Å². The number of aliphatic hydroxyl groups excluding tert-OH is 2. The zero-order valence-electron chi connectivity index (χ0n) is 37.5. The lowest BCUT2D eigenvalue weighted by molar-refractivity contribution is -0.151. The van der Waals surface area contributed by atoms with E-state index in [1.54, 1.807) is 0 Å². The molecule has 3 N–H and O–H groups in total. The molecule has 3 unspecified atom stereocenters. The van der Waals surface area contributed by atoms with Crippen LogP contribution >= 0.6 is 0 Å². The molecule has 1 amide bonds. The van der Waals surface area contributed by atoms with E-state index < -0.39 is 18.2 Å². The molecule has 0 saturated carbocycles. The van der Waals surface area contributed by atoms with Crippen LogP contribution in [0.4, 0.5) is 0 Å². The topological polar surface area (TPSA) is 95.9 Å². The summed E-state index contributed by atoms with van der Waals surface area (Å²) >= 11 is 0. The van der Waals surface area contributed by atoms with E-state index in [0.717, 1.165) is 77.0 Å². The minimum atomic E-state index is -0.787. The molecule has 0 fully saturated rings. The van der Waals surface area contributed by atoms with Crippen LogP contribution in [0.3, 0.4) is 0 Å². The Morgan fingerprint density at radius 2 is 0.893 bits per heavy atom. The summed E-state index contributed by atoms with van der Waals surface area (Å²) in [6.45, 7) is 6.44. The Labute approximate surface area is 348 Å². The van der Waals surface area contributed by atoms with Gasteiger partial charge in [0.25, 0.3) is 0 Å². The summed E-state index contributed by atoms with van der Waals surface area (Å²) in [5.74, 6) is -0.484. The van der Waals surface area contributed by atoms with Crippen LogP contribution < -0.4 is 5.32 Å². The normalized spacial score (nSPS) is 13.4. The molecule has 56 heavy (non-hydrogen) atoms. The number of aliphatic hydroxyl groups is 2. The van der Waals surface area contributed by atoms with Gasteiger partial charge in [0.05, 0.1) is 25.2 Å². The lowest BCUT2D eigenvalue weighted by Gasteiger charge is -2.24. The fourth-order valence-electron chi connectivity index (χ4n) is 7.54. The van der Waals surface area contributed by atoms with Crippen molar-refractivity contribution in [3.05, 3.63) is 24.3 Å². The Bertz CT molecular complexity index is 889. The Morgan fingerprint density at radius 3 is 1.36 bits per heavy atom. The molecule has 0 aliphatic heterocycles. The molecule has 0 bridgehead atoms. The van der Waals surface area contributed by atoms with Gasteiger partial charge in [-0.3, -0.25) is 9.59 Å². The maximum atomic E-state index is 13.1. The molecular weight excluding hydrogens is 695 g/mol. The molecule has 0 saturated heterocycles. The number of hydrogen-bond acceptors (Lipinski definition) is 5. The highest BCUT2D eigenvalue weighted by molar-refractivity contribution is 5.77. The van der Waals surface area contributed by atoms with Crippen LogP contribution in [0.25, 0.3) is 0 Å². The van der Waals surface area contributed by atoms with Crippen molar-refractivity contribution in [2.45, 2.75) is 277 Å². The Kier molecular flexibility index (Phi) is 43.1. The van der Waals surface area contributed by atoms with Crippen LogP contribution in [0, 0.1) is 0 Å². The van der Waals surface area contributed by atoms with E-state index in [1.807, 2.05) is 0 Å². The second-order valence-corrected chi connectivity index (χ2v) is 16.9. The quantitative estimate of drug-likeness (QED) is 0.0324. The number of carbonyl (C=O) groups is 2. The maximum absolute atomic E-state index is 13.1. The Morgan fingerprint density at radius 1 is 0.518 bits per heavy atom. The van der Waals surface area contributed by atoms with Crippen LogP contribution in [0.2, 0.25) is 0 Å². The van der Waals surface area contributed by atoms with Crippen molar-refractivity contribution < 1.29 is 24.5 Å². The van der Waals surface area contributed by atoms with Gasteiger partial charge in [0.2, 0.25) is 5.91 Å². The first-order chi connectivity index (χ1) is 27.5. The average molecular weight is 790 g/mol. The van der Waals surface area contributed by atoms with Gasteiger partial charge in [0.15, 0.2) is 0 Å². The third-order valence-electron chi connectivity index (χ3n) is 11.3. The van der Waals surface area contributed by atoms with Crippen molar-refractivity contribution in [1.82, 2.24) is 5.32 Å². The minimum Gasteiger partial charge on any atom is -0.462 e.